The number of urea groups is 1. The van der Waals surface area contributed by atoms with E-state index in [4.69, 9.17) is 14.2 Å². The fourth-order valence-corrected chi connectivity index (χ4v) is 3.18. The van der Waals surface area contributed by atoms with Crippen LogP contribution >= 0.6 is 0 Å². The van der Waals surface area contributed by atoms with Crippen molar-refractivity contribution >= 4 is 12.0 Å². The first-order chi connectivity index (χ1) is 12.5. The summed E-state index contributed by atoms with van der Waals surface area (Å²) in [6.45, 7) is 6.36. The highest BCUT2D eigenvalue weighted by Gasteiger charge is 2.33. The summed E-state index contributed by atoms with van der Waals surface area (Å²) in [5.74, 6) is 1.10. The van der Waals surface area contributed by atoms with E-state index in [1.807, 2.05) is 13.0 Å². The lowest BCUT2D eigenvalue weighted by Crippen LogP contribution is -2.45. The van der Waals surface area contributed by atoms with Crippen molar-refractivity contribution in [1.29, 1.82) is 0 Å². The second kappa shape index (κ2) is 7.68. The molecule has 140 valence electrons. The molecule has 7 heteroatoms. The fraction of sp³-hybridized carbons (Fsp3) is 0.474. The van der Waals surface area contributed by atoms with Crippen LogP contribution in [0.5, 0.6) is 11.5 Å². The van der Waals surface area contributed by atoms with E-state index in [0.717, 1.165) is 18.4 Å². The smallest absolute Gasteiger partial charge is 0.338 e. The third kappa shape index (κ3) is 3.76. The van der Waals surface area contributed by atoms with Crippen molar-refractivity contribution in [2.75, 3.05) is 13.4 Å². The molecule has 0 spiro atoms. The first-order valence-electron chi connectivity index (χ1n) is 8.84. The van der Waals surface area contributed by atoms with E-state index in [-0.39, 0.29) is 12.8 Å². The van der Waals surface area contributed by atoms with Gasteiger partial charge in [-0.15, -0.1) is 0 Å². The van der Waals surface area contributed by atoms with Crippen molar-refractivity contribution in [3.05, 3.63) is 35.0 Å². The Morgan fingerprint density at radius 2 is 2.12 bits per heavy atom. The van der Waals surface area contributed by atoms with Crippen LogP contribution in [0.15, 0.2) is 29.5 Å². The highest BCUT2D eigenvalue weighted by atomic mass is 16.7. The Balaban J connectivity index is 1.84. The normalized spacial score (nSPS) is 19.7. The number of benzene rings is 1. The average Bonchev–Trinajstić information content (AvgIpc) is 3.07. The molecule has 1 aromatic rings. The molecule has 26 heavy (non-hydrogen) atoms. The standard InChI is InChI=1S/C19H24N2O5/c1-4-5-11(2)9-24-18(22)16-12(3)20-19(23)21-17(16)13-6-7-14-15(8-13)26-10-25-14/h6-8,11,17H,4-5,9-10H2,1-3H3,(H2,20,21,23). The second-order valence-corrected chi connectivity index (χ2v) is 6.68. The summed E-state index contributed by atoms with van der Waals surface area (Å²) in [5.41, 5.74) is 1.62. The van der Waals surface area contributed by atoms with Crippen LogP contribution in [-0.2, 0) is 9.53 Å². The predicted octanol–water partition coefficient (Wildman–Crippen LogP) is 3.02. The summed E-state index contributed by atoms with van der Waals surface area (Å²) in [7, 11) is 0. The molecule has 0 bridgehead atoms. The van der Waals surface area contributed by atoms with Gasteiger partial charge in [0.25, 0.3) is 0 Å². The number of nitrogens with one attached hydrogen (secondary N) is 2. The molecule has 0 saturated heterocycles. The maximum atomic E-state index is 12.7. The van der Waals surface area contributed by atoms with E-state index in [2.05, 4.69) is 17.6 Å². The van der Waals surface area contributed by atoms with Gasteiger partial charge in [-0.05, 0) is 37.0 Å². The SMILES string of the molecule is CCCC(C)COC(=O)C1=C(C)NC(=O)NC1c1ccc2c(c1)OCO2. The van der Waals surface area contributed by atoms with Crippen LogP contribution in [-0.4, -0.2) is 25.4 Å². The Labute approximate surface area is 152 Å². The first-order valence-corrected chi connectivity index (χ1v) is 8.84. The van der Waals surface area contributed by atoms with Crippen LogP contribution in [0.2, 0.25) is 0 Å². The highest BCUT2D eigenvalue weighted by molar-refractivity contribution is 5.95. The van der Waals surface area contributed by atoms with E-state index in [9.17, 15) is 9.59 Å². The van der Waals surface area contributed by atoms with Gasteiger partial charge in [-0.25, -0.2) is 9.59 Å². The topological polar surface area (TPSA) is 85.9 Å². The summed E-state index contributed by atoms with van der Waals surface area (Å²) in [6, 6.07) is 4.39. The summed E-state index contributed by atoms with van der Waals surface area (Å²) in [6.07, 6.45) is 2.03. The van der Waals surface area contributed by atoms with Gasteiger partial charge >= 0.3 is 12.0 Å². The molecule has 7 nitrogen and oxygen atoms in total. The molecule has 0 aromatic heterocycles. The van der Waals surface area contributed by atoms with Gasteiger partial charge in [-0.1, -0.05) is 26.3 Å². The lowest BCUT2D eigenvalue weighted by atomic mass is 9.95. The number of carbonyl (C=O) groups is 2. The summed E-state index contributed by atoms with van der Waals surface area (Å²) >= 11 is 0. The zero-order chi connectivity index (χ0) is 18.7. The zero-order valence-electron chi connectivity index (χ0n) is 15.3. The fourth-order valence-electron chi connectivity index (χ4n) is 3.18. The minimum absolute atomic E-state index is 0.163. The summed E-state index contributed by atoms with van der Waals surface area (Å²) in [5, 5.41) is 5.44. The Morgan fingerprint density at radius 3 is 2.88 bits per heavy atom. The molecule has 0 radical (unpaired) electrons. The summed E-state index contributed by atoms with van der Waals surface area (Å²) < 4.78 is 16.2. The first kappa shape index (κ1) is 18.1. The van der Waals surface area contributed by atoms with Gasteiger partial charge in [0.05, 0.1) is 18.2 Å². The Morgan fingerprint density at radius 1 is 1.35 bits per heavy atom. The monoisotopic (exact) mass is 360 g/mol. The number of hydrogen-bond donors (Lipinski definition) is 2. The van der Waals surface area contributed by atoms with Crippen molar-refractivity contribution in [2.45, 2.75) is 39.7 Å². The molecule has 2 aliphatic heterocycles. The van der Waals surface area contributed by atoms with Crippen LogP contribution in [0.1, 0.15) is 45.2 Å². The molecule has 2 aliphatic rings. The van der Waals surface area contributed by atoms with Gasteiger partial charge in [0.15, 0.2) is 11.5 Å². The molecule has 2 atom stereocenters. The molecular formula is C19H24N2O5. The molecule has 0 aliphatic carbocycles. The molecule has 3 rings (SSSR count). The van der Waals surface area contributed by atoms with Crippen LogP contribution in [0.3, 0.4) is 0 Å². The van der Waals surface area contributed by atoms with E-state index in [1.54, 1.807) is 19.1 Å². The third-order valence-corrected chi connectivity index (χ3v) is 4.50. The number of amides is 2. The quantitative estimate of drug-likeness (QED) is 0.762. The highest BCUT2D eigenvalue weighted by Crippen LogP contribution is 2.37. The average molecular weight is 360 g/mol. The molecule has 2 heterocycles. The summed E-state index contributed by atoms with van der Waals surface area (Å²) in [4.78, 5) is 24.7. The van der Waals surface area contributed by atoms with Crippen molar-refractivity contribution in [3.63, 3.8) is 0 Å². The van der Waals surface area contributed by atoms with E-state index in [0.29, 0.717) is 35.3 Å². The van der Waals surface area contributed by atoms with Gasteiger partial charge in [0.2, 0.25) is 6.79 Å². The van der Waals surface area contributed by atoms with Gasteiger partial charge in [0, 0.05) is 5.70 Å². The zero-order valence-corrected chi connectivity index (χ0v) is 15.3. The minimum Gasteiger partial charge on any atom is -0.462 e. The van der Waals surface area contributed by atoms with Gasteiger partial charge < -0.3 is 24.8 Å². The van der Waals surface area contributed by atoms with Gasteiger partial charge in [0.1, 0.15) is 0 Å². The van der Waals surface area contributed by atoms with Crippen molar-refractivity contribution < 1.29 is 23.8 Å². The van der Waals surface area contributed by atoms with Crippen LogP contribution in [0, 0.1) is 5.92 Å². The van der Waals surface area contributed by atoms with Gasteiger partial charge in [-0.2, -0.15) is 0 Å². The third-order valence-electron chi connectivity index (χ3n) is 4.50. The number of esters is 1. The molecule has 2 amide bonds. The predicted molar refractivity (Wildman–Crippen MR) is 94.7 cm³/mol. The largest absolute Gasteiger partial charge is 0.462 e. The van der Waals surface area contributed by atoms with Crippen molar-refractivity contribution in [3.8, 4) is 11.5 Å². The molecule has 0 saturated carbocycles. The lowest BCUT2D eigenvalue weighted by molar-refractivity contribution is -0.140. The Kier molecular flexibility index (Phi) is 5.35. The van der Waals surface area contributed by atoms with Crippen LogP contribution < -0.4 is 20.1 Å². The van der Waals surface area contributed by atoms with Crippen LogP contribution in [0.4, 0.5) is 4.79 Å². The van der Waals surface area contributed by atoms with E-state index in [1.165, 1.54) is 0 Å². The minimum atomic E-state index is -0.604. The lowest BCUT2D eigenvalue weighted by Gasteiger charge is -2.28. The number of carbonyl (C=O) groups excluding carboxylic acids is 2. The molecule has 1 aromatic carbocycles. The Bertz CT molecular complexity index is 743. The van der Waals surface area contributed by atoms with Gasteiger partial charge in [-0.3, -0.25) is 0 Å². The number of rotatable bonds is 6. The van der Waals surface area contributed by atoms with Crippen molar-refractivity contribution in [1.82, 2.24) is 10.6 Å². The number of hydrogen-bond acceptors (Lipinski definition) is 5. The molecule has 0 fully saturated rings. The number of ether oxygens (including phenoxy) is 3. The maximum Gasteiger partial charge on any atom is 0.338 e. The van der Waals surface area contributed by atoms with Crippen molar-refractivity contribution in [2.24, 2.45) is 5.92 Å². The number of allylic oxidation sites excluding steroid dienone is 1. The van der Waals surface area contributed by atoms with E-state index < -0.39 is 12.0 Å². The maximum absolute atomic E-state index is 12.7. The molecule has 2 unspecified atom stereocenters. The molecule has 2 N–H and O–H groups in total. The number of fused-ring (bicyclic) bond motifs is 1. The van der Waals surface area contributed by atoms with Crippen LogP contribution in [0.25, 0.3) is 0 Å². The second-order valence-electron chi connectivity index (χ2n) is 6.68. The Hall–Kier alpha value is -2.70. The van der Waals surface area contributed by atoms with E-state index >= 15 is 0 Å². The molecular weight excluding hydrogens is 336 g/mol.